The molecule has 1 aromatic rings. The molecule has 8 nitrogen and oxygen atoms in total. The summed E-state index contributed by atoms with van der Waals surface area (Å²) in [4.78, 5) is 15.4. The van der Waals surface area contributed by atoms with E-state index in [1.54, 1.807) is 0 Å². The summed E-state index contributed by atoms with van der Waals surface area (Å²) in [5, 5.41) is 9.29. The predicted molar refractivity (Wildman–Crippen MR) is 61.4 cm³/mol. The van der Waals surface area contributed by atoms with E-state index in [9.17, 15) is 13.2 Å². The van der Waals surface area contributed by atoms with Crippen molar-refractivity contribution < 1.29 is 17.7 Å². The molecule has 0 aliphatic carbocycles. The zero-order chi connectivity index (χ0) is 13.2. The van der Waals surface area contributed by atoms with Crippen molar-refractivity contribution in [1.82, 2.24) is 20.8 Å². The molecule has 1 amide bonds. The largest absolute Gasteiger partial charge is 0.353 e. The van der Waals surface area contributed by atoms with Crippen LogP contribution in [0.1, 0.15) is 11.7 Å². The van der Waals surface area contributed by atoms with Crippen molar-refractivity contribution in [2.24, 2.45) is 0 Å². The van der Waals surface area contributed by atoms with Gasteiger partial charge in [-0.05, 0) is 0 Å². The molecule has 1 aromatic heterocycles. The number of aromatic nitrogens is 2. The molecule has 1 atom stereocenters. The molecule has 9 heteroatoms. The molecule has 1 unspecified atom stereocenters. The fourth-order valence-electron chi connectivity index (χ4n) is 1.65. The summed E-state index contributed by atoms with van der Waals surface area (Å²) in [7, 11) is -3.19. The van der Waals surface area contributed by atoms with Gasteiger partial charge in [0.05, 0.1) is 12.5 Å². The van der Waals surface area contributed by atoms with Crippen LogP contribution in [0.25, 0.3) is 0 Å². The number of carbonyl (C=O) groups excluding carboxylic acids is 1. The van der Waals surface area contributed by atoms with Gasteiger partial charge in [-0.15, -0.1) is 0 Å². The van der Waals surface area contributed by atoms with Crippen LogP contribution in [0.5, 0.6) is 0 Å². The van der Waals surface area contributed by atoms with Gasteiger partial charge in [0.25, 0.3) is 0 Å². The number of hydrogen-bond donors (Lipinski definition) is 2. The number of rotatable bonds is 4. The van der Waals surface area contributed by atoms with Gasteiger partial charge >= 0.3 is 0 Å². The smallest absolute Gasteiger partial charge is 0.237 e. The maximum atomic E-state index is 11.5. The summed E-state index contributed by atoms with van der Waals surface area (Å²) in [5.74, 6) is -0.0168. The molecule has 1 fully saturated rings. The van der Waals surface area contributed by atoms with Gasteiger partial charge in [-0.1, -0.05) is 5.16 Å². The summed E-state index contributed by atoms with van der Waals surface area (Å²) in [6, 6.07) is -0.412. The molecule has 1 aliphatic rings. The molecule has 2 rings (SSSR count). The summed E-state index contributed by atoms with van der Waals surface area (Å²) < 4.78 is 27.0. The third-order valence-corrected chi connectivity index (χ3v) is 3.19. The summed E-state index contributed by atoms with van der Waals surface area (Å²) in [5.41, 5.74) is 0. The molecule has 0 saturated carbocycles. The lowest BCUT2D eigenvalue weighted by molar-refractivity contribution is -0.124. The Hall–Kier alpha value is -1.48. The van der Waals surface area contributed by atoms with Gasteiger partial charge < -0.3 is 15.2 Å². The Kier molecular flexibility index (Phi) is 3.62. The number of amides is 1. The second-order valence-corrected chi connectivity index (χ2v) is 6.32. The average molecular weight is 274 g/mol. The Bertz CT molecular complexity index is 539. The van der Waals surface area contributed by atoms with E-state index in [0.717, 1.165) is 6.26 Å². The minimum Gasteiger partial charge on any atom is -0.353 e. The normalized spacial score (nSPS) is 20.7. The van der Waals surface area contributed by atoms with Crippen molar-refractivity contribution in [1.29, 1.82) is 0 Å². The van der Waals surface area contributed by atoms with Gasteiger partial charge in [0.15, 0.2) is 15.7 Å². The predicted octanol–water partition coefficient (Wildman–Crippen LogP) is -1.76. The highest BCUT2D eigenvalue weighted by atomic mass is 32.2. The summed E-state index contributed by atoms with van der Waals surface area (Å²) >= 11 is 0. The molecule has 0 aromatic carbocycles. The second-order valence-electron chi connectivity index (χ2n) is 4.18. The van der Waals surface area contributed by atoms with Gasteiger partial charge in [0.2, 0.25) is 11.8 Å². The van der Waals surface area contributed by atoms with Crippen LogP contribution in [0.15, 0.2) is 4.52 Å². The van der Waals surface area contributed by atoms with Crippen LogP contribution < -0.4 is 10.6 Å². The van der Waals surface area contributed by atoms with Crippen molar-refractivity contribution in [3.05, 3.63) is 11.7 Å². The lowest BCUT2D eigenvalue weighted by atomic mass is 10.1. The van der Waals surface area contributed by atoms with E-state index in [-0.39, 0.29) is 29.8 Å². The fourth-order valence-corrected chi connectivity index (χ4v) is 2.24. The Morgan fingerprint density at radius 3 is 2.89 bits per heavy atom. The number of carbonyl (C=O) groups is 1. The van der Waals surface area contributed by atoms with Gasteiger partial charge in [-0.3, -0.25) is 4.79 Å². The Balaban J connectivity index is 2.00. The maximum absolute atomic E-state index is 11.5. The molecule has 1 aliphatic heterocycles. The molecule has 100 valence electrons. The lowest BCUT2D eigenvalue weighted by Crippen LogP contribution is -2.53. The topological polar surface area (TPSA) is 114 Å². The van der Waals surface area contributed by atoms with Gasteiger partial charge in [0, 0.05) is 19.3 Å². The van der Waals surface area contributed by atoms with Crippen LogP contribution in [0.3, 0.4) is 0 Å². The van der Waals surface area contributed by atoms with Crippen LogP contribution >= 0.6 is 0 Å². The minimum atomic E-state index is -3.19. The fraction of sp³-hybridized carbons (Fsp3) is 0.667. The number of nitrogens with one attached hydrogen (secondary N) is 2. The molecule has 2 N–H and O–H groups in total. The van der Waals surface area contributed by atoms with Gasteiger partial charge in [0.1, 0.15) is 5.75 Å². The first kappa shape index (κ1) is 13.0. The lowest BCUT2D eigenvalue weighted by Gasteiger charge is -2.21. The van der Waals surface area contributed by atoms with Crippen molar-refractivity contribution in [2.45, 2.75) is 18.2 Å². The van der Waals surface area contributed by atoms with Crippen LogP contribution in [0.2, 0.25) is 0 Å². The van der Waals surface area contributed by atoms with Gasteiger partial charge in [-0.25, -0.2) is 8.42 Å². The van der Waals surface area contributed by atoms with E-state index >= 15 is 0 Å². The zero-order valence-corrected chi connectivity index (χ0v) is 10.7. The molecule has 2 heterocycles. The molecular weight excluding hydrogens is 260 g/mol. The van der Waals surface area contributed by atoms with E-state index in [1.165, 1.54) is 0 Å². The van der Waals surface area contributed by atoms with Gasteiger partial charge in [-0.2, -0.15) is 4.98 Å². The van der Waals surface area contributed by atoms with E-state index in [2.05, 4.69) is 20.8 Å². The monoisotopic (exact) mass is 274 g/mol. The quantitative estimate of drug-likeness (QED) is 0.668. The Labute approximate surface area is 104 Å². The van der Waals surface area contributed by atoms with E-state index in [4.69, 9.17) is 4.52 Å². The summed E-state index contributed by atoms with van der Waals surface area (Å²) in [6.07, 6.45) is 1.35. The zero-order valence-electron chi connectivity index (χ0n) is 9.84. The molecule has 0 radical (unpaired) electrons. The Morgan fingerprint density at radius 1 is 1.44 bits per heavy atom. The first-order chi connectivity index (χ1) is 8.44. The van der Waals surface area contributed by atoms with Crippen molar-refractivity contribution in [3.8, 4) is 0 Å². The third-order valence-electron chi connectivity index (χ3n) is 2.41. The van der Waals surface area contributed by atoms with E-state index in [1.807, 2.05) is 0 Å². The highest BCUT2D eigenvalue weighted by molar-refractivity contribution is 7.89. The standard InChI is InChI=1S/C9H14N4O4S/c1-18(15,16)5-7-12-8(17-13-7)4-6-9(14)11-3-2-10-6/h6,10H,2-5H2,1H3,(H,11,14). The maximum Gasteiger partial charge on any atom is 0.237 e. The highest BCUT2D eigenvalue weighted by Gasteiger charge is 2.24. The summed E-state index contributed by atoms with van der Waals surface area (Å²) in [6.45, 7) is 1.28. The number of sulfone groups is 1. The third kappa shape index (κ3) is 3.50. The van der Waals surface area contributed by atoms with E-state index < -0.39 is 15.9 Å². The van der Waals surface area contributed by atoms with Crippen molar-refractivity contribution in [2.75, 3.05) is 19.3 Å². The first-order valence-corrected chi connectivity index (χ1v) is 7.50. The molecule has 0 bridgehead atoms. The van der Waals surface area contributed by atoms with Crippen LogP contribution in [0.4, 0.5) is 0 Å². The SMILES string of the molecule is CS(=O)(=O)Cc1noc(CC2NCCNC2=O)n1. The van der Waals surface area contributed by atoms with Crippen LogP contribution in [-0.4, -0.2) is 49.9 Å². The highest BCUT2D eigenvalue weighted by Crippen LogP contribution is 2.05. The van der Waals surface area contributed by atoms with Crippen LogP contribution in [-0.2, 0) is 26.8 Å². The number of piperazine rings is 1. The molecule has 18 heavy (non-hydrogen) atoms. The number of hydrogen-bond acceptors (Lipinski definition) is 7. The van der Waals surface area contributed by atoms with Crippen molar-refractivity contribution in [3.63, 3.8) is 0 Å². The second kappa shape index (κ2) is 5.02. The first-order valence-electron chi connectivity index (χ1n) is 5.44. The molecule has 0 spiro atoms. The Morgan fingerprint density at radius 2 is 2.22 bits per heavy atom. The minimum absolute atomic E-state index is 0.115. The molecule has 1 saturated heterocycles. The van der Waals surface area contributed by atoms with Crippen LogP contribution in [0, 0.1) is 0 Å². The average Bonchev–Trinajstić information content (AvgIpc) is 2.66. The molecular formula is C9H14N4O4S. The number of nitrogens with zero attached hydrogens (tertiary/aromatic N) is 2. The van der Waals surface area contributed by atoms with E-state index in [0.29, 0.717) is 13.1 Å². The van der Waals surface area contributed by atoms with Crippen molar-refractivity contribution >= 4 is 15.7 Å².